The van der Waals surface area contributed by atoms with E-state index in [1.54, 1.807) is 0 Å². The third-order valence-corrected chi connectivity index (χ3v) is 4.18. The summed E-state index contributed by atoms with van der Waals surface area (Å²) in [7, 11) is 0. The van der Waals surface area contributed by atoms with Crippen molar-refractivity contribution in [2.24, 2.45) is 0 Å². The lowest BCUT2D eigenvalue weighted by atomic mass is 9.95. The molecule has 0 bridgehead atoms. The summed E-state index contributed by atoms with van der Waals surface area (Å²) in [4.78, 5) is 18.2. The van der Waals surface area contributed by atoms with E-state index in [4.69, 9.17) is 4.74 Å². The predicted molar refractivity (Wildman–Crippen MR) is 74.2 cm³/mol. The van der Waals surface area contributed by atoms with Gasteiger partial charge in [0.1, 0.15) is 11.4 Å². The van der Waals surface area contributed by atoms with Gasteiger partial charge in [-0.05, 0) is 13.3 Å². The first-order chi connectivity index (χ1) is 10.3. The molecule has 1 fully saturated rings. The molecule has 6 nitrogen and oxygen atoms in total. The number of ether oxygens (including phenoxy) is 1. The number of halogens is 3. The SMILES string of the molecule is C[C@]1(C(F)(F)F)CCn2c(nc(N3CCOCC3)cc2=O)N1. The van der Waals surface area contributed by atoms with Gasteiger partial charge in [0.25, 0.3) is 5.56 Å². The van der Waals surface area contributed by atoms with Gasteiger partial charge in [-0.3, -0.25) is 9.36 Å². The van der Waals surface area contributed by atoms with Crippen molar-refractivity contribution >= 4 is 11.8 Å². The first-order valence-electron chi connectivity index (χ1n) is 7.10. The van der Waals surface area contributed by atoms with Crippen LogP contribution in [-0.4, -0.2) is 47.6 Å². The highest BCUT2D eigenvalue weighted by Gasteiger charge is 2.53. The molecule has 1 N–H and O–H groups in total. The van der Waals surface area contributed by atoms with E-state index in [0.717, 1.165) is 6.92 Å². The number of rotatable bonds is 1. The molecule has 2 aliphatic heterocycles. The molecule has 2 aliphatic rings. The van der Waals surface area contributed by atoms with E-state index in [0.29, 0.717) is 32.1 Å². The van der Waals surface area contributed by atoms with E-state index in [-0.39, 0.29) is 24.5 Å². The number of alkyl halides is 3. The Morgan fingerprint density at radius 3 is 2.64 bits per heavy atom. The summed E-state index contributed by atoms with van der Waals surface area (Å²) in [6.45, 7) is 3.22. The lowest BCUT2D eigenvalue weighted by molar-refractivity contribution is -0.178. The van der Waals surface area contributed by atoms with E-state index in [1.807, 2.05) is 4.90 Å². The normalized spacial score (nSPS) is 25.5. The van der Waals surface area contributed by atoms with Crippen LogP contribution in [0.25, 0.3) is 0 Å². The van der Waals surface area contributed by atoms with Crippen molar-refractivity contribution in [2.45, 2.75) is 31.6 Å². The molecule has 22 heavy (non-hydrogen) atoms. The van der Waals surface area contributed by atoms with Crippen LogP contribution in [0.2, 0.25) is 0 Å². The molecule has 9 heteroatoms. The van der Waals surface area contributed by atoms with Gasteiger partial charge in [0.2, 0.25) is 5.95 Å². The predicted octanol–water partition coefficient (Wildman–Crippen LogP) is 1.22. The second kappa shape index (κ2) is 5.15. The average molecular weight is 318 g/mol. The van der Waals surface area contributed by atoms with Crippen molar-refractivity contribution < 1.29 is 17.9 Å². The largest absolute Gasteiger partial charge is 0.411 e. The summed E-state index contributed by atoms with van der Waals surface area (Å²) >= 11 is 0. The molecule has 0 amide bonds. The highest BCUT2D eigenvalue weighted by atomic mass is 19.4. The van der Waals surface area contributed by atoms with Crippen LogP contribution in [-0.2, 0) is 11.3 Å². The molecule has 0 spiro atoms. The van der Waals surface area contributed by atoms with Crippen LogP contribution in [0.15, 0.2) is 10.9 Å². The van der Waals surface area contributed by atoms with Gasteiger partial charge < -0.3 is 15.0 Å². The van der Waals surface area contributed by atoms with Gasteiger partial charge >= 0.3 is 6.18 Å². The molecule has 3 rings (SSSR count). The zero-order chi connectivity index (χ0) is 16.0. The minimum atomic E-state index is -4.41. The molecule has 0 aliphatic carbocycles. The Morgan fingerprint density at radius 1 is 1.32 bits per heavy atom. The Bertz CT molecular complexity index is 625. The number of nitrogens with one attached hydrogen (secondary N) is 1. The van der Waals surface area contributed by atoms with Crippen molar-refractivity contribution in [3.05, 3.63) is 16.4 Å². The monoisotopic (exact) mass is 318 g/mol. The Kier molecular flexibility index (Phi) is 3.54. The fourth-order valence-electron chi connectivity index (χ4n) is 2.62. The van der Waals surface area contributed by atoms with Crippen molar-refractivity contribution in [1.29, 1.82) is 0 Å². The van der Waals surface area contributed by atoms with Crippen LogP contribution in [0, 0.1) is 0 Å². The molecule has 1 aromatic heterocycles. The number of anilines is 2. The second-order valence-corrected chi connectivity index (χ2v) is 5.73. The van der Waals surface area contributed by atoms with Gasteiger partial charge in [0.05, 0.1) is 13.2 Å². The highest BCUT2D eigenvalue weighted by molar-refractivity contribution is 5.46. The number of morpholine rings is 1. The number of hydrogen-bond donors (Lipinski definition) is 1. The van der Waals surface area contributed by atoms with Crippen molar-refractivity contribution in [1.82, 2.24) is 9.55 Å². The molecule has 0 unspecified atom stereocenters. The number of fused-ring (bicyclic) bond motifs is 1. The van der Waals surface area contributed by atoms with Crippen molar-refractivity contribution in [3.63, 3.8) is 0 Å². The second-order valence-electron chi connectivity index (χ2n) is 5.73. The highest BCUT2D eigenvalue weighted by Crippen LogP contribution is 2.38. The minimum absolute atomic E-state index is 0.00638. The first-order valence-corrected chi connectivity index (χ1v) is 7.10. The van der Waals surface area contributed by atoms with Crippen LogP contribution in [0.3, 0.4) is 0 Å². The van der Waals surface area contributed by atoms with E-state index in [2.05, 4.69) is 10.3 Å². The number of hydrogen-bond acceptors (Lipinski definition) is 5. The minimum Gasteiger partial charge on any atom is -0.378 e. The summed E-state index contributed by atoms with van der Waals surface area (Å²) in [5, 5.41) is 2.40. The third kappa shape index (κ3) is 2.53. The maximum atomic E-state index is 13.2. The van der Waals surface area contributed by atoms with E-state index >= 15 is 0 Å². The molecule has 1 aromatic rings. The van der Waals surface area contributed by atoms with Gasteiger partial charge in [-0.15, -0.1) is 0 Å². The third-order valence-electron chi connectivity index (χ3n) is 4.18. The summed E-state index contributed by atoms with van der Waals surface area (Å²) < 4.78 is 46.0. The van der Waals surface area contributed by atoms with Gasteiger partial charge in [-0.25, -0.2) is 0 Å². The molecule has 1 atom stereocenters. The van der Waals surface area contributed by atoms with Crippen LogP contribution in [0.4, 0.5) is 24.9 Å². The Hall–Kier alpha value is -1.77. The van der Waals surface area contributed by atoms with Gasteiger partial charge in [-0.1, -0.05) is 0 Å². The number of aromatic nitrogens is 2. The quantitative estimate of drug-likeness (QED) is 0.844. The van der Waals surface area contributed by atoms with Crippen LogP contribution < -0.4 is 15.8 Å². The van der Waals surface area contributed by atoms with Gasteiger partial charge in [0, 0.05) is 25.7 Å². The maximum absolute atomic E-state index is 13.2. The molecule has 1 saturated heterocycles. The summed E-state index contributed by atoms with van der Waals surface area (Å²) in [6, 6.07) is 1.37. The lowest BCUT2D eigenvalue weighted by Crippen LogP contribution is -2.54. The number of nitrogens with zero attached hydrogens (tertiary/aromatic N) is 3. The molecule has 0 aromatic carbocycles. The van der Waals surface area contributed by atoms with E-state index in [9.17, 15) is 18.0 Å². The molecular weight excluding hydrogens is 301 g/mol. The topological polar surface area (TPSA) is 59.4 Å². The smallest absolute Gasteiger partial charge is 0.378 e. The summed E-state index contributed by atoms with van der Waals surface area (Å²) in [5.74, 6) is 0.360. The average Bonchev–Trinajstić information content (AvgIpc) is 2.46. The van der Waals surface area contributed by atoms with Gasteiger partial charge in [0.15, 0.2) is 0 Å². The Balaban J connectivity index is 1.96. The Labute approximate surface area is 124 Å². The fourth-order valence-corrected chi connectivity index (χ4v) is 2.62. The zero-order valence-corrected chi connectivity index (χ0v) is 12.1. The standard InChI is InChI=1S/C13H17F3N4O2/c1-12(13(14,15)16)2-3-20-10(21)8-9(17-11(20)18-12)19-4-6-22-7-5-19/h8H,2-7H2,1H3,(H,17,18)/t12-/m1/s1. The molecule has 0 radical (unpaired) electrons. The molecule has 3 heterocycles. The van der Waals surface area contributed by atoms with Crippen LogP contribution in [0.5, 0.6) is 0 Å². The van der Waals surface area contributed by atoms with Crippen molar-refractivity contribution in [2.75, 3.05) is 36.5 Å². The summed E-state index contributed by atoms with van der Waals surface area (Å²) in [6.07, 6.45) is -4.62. The van der Waals surface area contributed by atoms with Crippen molar-refractivity contribution in [3.8, 4) is 0 Å². The summed E-state index contributed by atoms with van der Waals surface area (Å²) in [5.41, 5.74) is -2.42. The molecule has 122 valence electrons. The van der Waals surface area contributed by atoms with Crippen LogP contribution >= 0.6 is 0 Å². The maximum Gasteiger partial charge on any atom is 0.411 e. The van der Waals surface area contributed by atoms with E-state index in [1.165, 1.54) is 10.6 Å². The molecule has 0 saturated carbocycles. The Morgan fingerprint density at radius 2 is 2.00 bits per heavy atom. The fraction of sp³-hybridized carbons (Fsp3) is 0.692. The first kappa shape index (κ1) is 15.1. The molecular formula is C13H17F3N4O2. The van der Waals surface area contributed by atoms with Gasteiger partial charge in [-0.2, -0.15) is 18.2 Å². The zero-order valence-electron chi connectivity index (χ0n) is 12.1. The van der Waals surface area contributed by atoms with E-state index < -0.39 is 11.7 Å². The van der Waals surface area contributed by atoms with Crippen LogP contribution in [0.1, 0.15) is 13.3 Å². The lowest BCUT2D eigenvalue weighted by Gasteiger charge is -2.38.